The van der Waals surface area contributed by atoms with Crippen LogP contribution in [0.4, 0.5) is 0 Å². The first-order valence-corrected chi connectivity index (χ1v) is 7.81. The number of hydrogen-bond acceptors (Lipinski definition) is 2. The van der Waals surface area contributed by atoms with E-state index in [1.165, 1.54) is 18.6 Å². The molecule has 0 saturated carbocycles. The van der Waals surface area contributed by atoms with Crippen LogP contribution in [-0.2, 0) is 11.2 Å². The molecule has 4 heteroatoms. The second kappa shape index (κ2) is 5.70. The van der Waals surface area contributed by atoms with Crippen molar-refractivity contribution in [2.24, 2.45) is 0 Å². The minimum absolute atomic E-state index is 0.122. The molecule has 100 valence electrons. The second-order valence-corrected chi connectivity index (χ2v) is 6.38. The van der Waals surface area contributed by atoms with Gasteiger partial charge in [-0.25, -0.2) is 0 Å². The van der Waals surface area contributed by atoms with Gasteiger partial charge in [-0.15, -0.1) is 0 Å². The highest BCUT2D eigenvalue weighted by molar-refractivity contribution is 8.00. The summed E-state index contributed by atoms with van der Waals surface area (Å²) in [5, 5.41) is 4.82. The molecule has 2 heterocycles. The van der Waals surface area contributed by atoms with E-state index in [4.69, 9.17) is 0 Å². The summed E-state index contributed by atoms with van der Waals surface area (Å²) in [6, 6.07) is 8.10. The lowest BCUT2D eigenvalue weighted by atomic mass is 10.1. The maximum absolute atomic E-state index is 12.0. The number of rotatable bonds is 4. The molecule has 1 atom stereocenters. The first kappa shape index (κ1) is 12.6. The topological polar surface area (TPSA) is 44.9 Å². The van der Waals surface area contributed by atoms with E-state index in [1.54, 1.807) is 0 Å². The summed E-state index contributed by atoms with van der Waals surface area (Å²) in [6.07, 6.45) is 4.92. The average Bonchev–Trinajstić information content (AvgIpc) is 3.07. The van der Waals surface area contributed by atoms with Crippen LogP contribution in [0, 0.1) is 0 Å². The quantitative estimate of drug-likeness (QED) is 0.900. The van der Waals surface area contributed by atoms with Crippen LogP contribution >= 0.6 is 11.8 Å². The van der Waals surface area contributed by atoms with Crippen molar-refractivity contribution in [2.75, 3.05) is 12.3 Å². The molecule has 1 aliphatic heterocycles. The Morgan fingerprint density at radius 3 is 3.16 bits per heavy atom. The van der Waals surface area contributed by atoms with Crippen LogP contribution in [0.1, 0.15) is 18.4 Å². The fourth-order valence-corrected chi connectivity index (χ4v) is 3.75. The Morgan fingerprint density at radius 1 is 1.42 bits per heavy atom. The Balaban J connectivity index is 1.59. The number of H-pyrrole nitrogens is 1. The number of aromatic amines is 1. The number of aromatic nitrogens is 1. The number of para-hydroxylation sites is 1. The number of fused-ring (bicyclic) bond motifs is 1. The first-order valence-electron chi connectivity index (χ1n) is 6.76. The Labute approximate surface area is 117 Å². The van der Waals surface area contributed by atoms with Crippen molar-refractivity contribution in [3.8, 4) is 0 Å². The average molecular weight is 274 g/mol. The van der Waals surface area contributed by atoms with Crippen LogP contribution < -0.4 is 5.32 Å². The van der Waals surface area contributed by atoms with E-state index in [1.807, 2.05) is 36.2 Å². The number of hydrogen-bond donors (Lipinski definition) is 2. The summed E-state index contributed by atoms with van der Waals surface area (Å²) < 4.78 is 0. The Kier molecular flexibility index (Phi) is 3.78. The van der Waals surface area contributed by atoms with Gasteiger partial charge in [0.25, 0.3) is 0 Å². The number of carbonyl (C=O) groups is 1. The van der Waals surface area contributed by atoms with E-state index in [9.17, 15) is 4.79 Å². The molecule has 1 unspecified atom stereocenters. The molecule has 19 heavy (non-hydrogen) atoms. The van der Waals surface area contributed by atoms with E-state index in [-0.39, 0.29) is 5.91 Å². The summed E-state index contributed by atoms with van der Waals surface area (Å²) in [5.74, 6) is 1.36. The minimum Gasteiger partial charge on any atom is -0.361 e. The lowest BCUT2D eigenvalue weighted by Crippen LogP contribution is -2.30. The number of nitrogens with one attached hydrogen (secondary N) is 2. The number of thioether (sulfide) groups is 1. The summed E-state index contributed by atoms with van der Waals surface area (Å²) in [4.78, 5) is 15.2. The van der Waals surface area contributed by atoms with Gasteiger partial charge in [0.05, 0.1) is 6.42 Å². The number of carbonyl (C=O) groups excluding carboxylic acids is 1. The summed E-state index contributed by atoms with van der Waals surface area (Å²) in [7, 11) is 0. The summed E-state index contributed by atoms with van der Waals surface area (Å²) in [5.41, 5.74) is 2.17. The van der Waals surface area contributed by atoms with Gasteiger partial charge in [-0.3, -0.25) is 4.79 Å². The maximum atomic E-state index is 12.0. The van der Waals surface area contributed by atoms with Crippen molar-refractivity contribution in [2.45, 2.75) is 24.5 Å². The molecule has 2 N–H and O–H groups in total. The molecule has 2 aromatic rings. The highest BCUT2D eigenvalue weighted by atomic mass is 32.2. The van der Waals surface area contributed by atoms with Gasteiger partial charge in [-0.05, 0) is 30.2 Å². The summed E-state index contributed by atoms with van der Waals surface area (Å²) in [6.45, 7) is 0.811. The van der Waals surface area contributed by atoms with Crippen molar-refractivity contribution in [3.05, 3.63) is 36.0 Å². The molecule has 1 amide bonds. The smallest absolute Gasteiger partial charge is 0.224 e. The zero-order valence-electron chi connectivity index (χ0n) is 10.8. The van der Waals surface area contributed by atoms with E-state index in [0.717, 1.165) is 23.0 Å². The van der Waals surface area contributed by atoms with E-state index in [2.05, 4.69) is 16.4 Å². The Hall–Kier alpha value is -1.42. The molecular formula is C15H18N2OS. The Bertz CT molecular complexity index is 572. The van der Waals surface area contributed by atoms with Crippen LogP contribution in [0.5, 0.6) is 0 Å². The third-order valence-electron chi connectivity index (χ3n) is 3.58. The minimum atomic E-state index is 0.122. The van der Waals surface area contributed by atoms with Crippen LogP contribution in [0.2, 0.25) is 0 Å². The van der Waals surface area contributed by atoms with Gasteiger partial charge >= 0.3 is 0 Å². The van der Waals surface area contributed by atoms with Crippen LogP contribution in [0.25, 0.3) is 10.9 Å². The molecule has 0 bridgehead atoms. The molecule has 3 rings (SSSR count). The second-order valence-electron chi connectivity index (χ2n) is 4.98. The van der Waals surface area contributed by atoms with Crippen molar-refractivity contribution < 1.29 is 4.79 Å². The van der Waals surface area contributed by atoms with Gasteiger partial charge in [0.15, 0.2) is 0 Å². The molecule has 1 aromatic heterocycles. The van der Waals surface area contributed by atoms with Crippen molar-refractivity contribution in [1.29, 1.82) is 0 Å². The van der Waals surface area contributed by atoms with E-state index < -0.39 is 0 Å². The standard InChI is InChI=1S/C15H18N2OS/c18-15(17-10-12-4-3-7-19-12)8-11-9-16-14-6-2-1-5-13(11)14/h1-2,5-6,9,12,16H,3-4,7-8,10H2,(H,17,18). The molecule has 1 aliphatic rings. The molecular weight excluding hydrogens is 256 g/mol. The molecule has 0 radical (unpaired) electrons. The predicted molar refractivity (Wildman–Crippen MR) is 80.5 cm³/mol. The molecule has 1 aromatic carbocycles. The molecule has 1 fully saturated rings. The van der Waals surface area contributed by atoms with Gasteiger partial charge in [0.2, 0.25) is 5.91 Å². The zero-order valence-corrected chi connectivity index (χ0v) is 11.6. The largest absolute Gasteiger partial charge is 0.361 e. The molecule has 0 aliphatic carbocycles. The summed E-state index contributed by atoms with van der Waals surface area (Å²) >= 11 is 1.97. The lowest BCUT2D eigenvalue weighted by Gasteiger charge is -2.09. The van der Waals surface area contributed by atoms with Crippen molar-refractivity contribution >= 4 is 28.6 Å². The van der Waals surface area contributed by atoms with E-state index in [0.29, 0.717) is 11.7 Å². The van der Waals surface area contributed by atoms with Gasteiger partial charge in [-0.1, -0.05) is 18.2 Å². The SMILES string of the molecule is O=C(Cc1c[nH]c2ccccc12)NCC1CCCS1. The van der Waals surface area contributed by atoms with Crippen LogP contribution in [0.15, 0.2) is 30.5 Å². The first-order chi connectivity index (χ1) is 9.33. The fraction of sp³-hybridized carbons (Fsp3) is 0.400. The van der Waals surface area contributed by atoms with Crippen molar-refractivity contribution in [3.63, 3.8) is 0 Å². The highest BCUT2D eigenvalue weighted by Gasteiger charge is 2.16. The number of benzene rings is 1. The van der Waals surface area contributed by atoms with Gasteiger partial charge in [-0.2, -0.15) is 11.8 Å². The lowest BCUT2D eigenvalue weighted by molar-refractivity contribution is -0.120. The highest BCUT2D eigenvalue weighted by Crippen LogP contribution is 2.25. The van der Waals surface area contributed by atoms with Gasteiger partial charge in [0, 0.05) is 28.9 Å². The molecule has 1 saturated heterocycles. The van der Waals surface area contributed by atoms with E-state index >= 15 is 0 Å². The normalized spacial score (nSPS) is 18.8. The molecule has 3 nitrogen and oxygen atoms in total. The van der Waals surface area contributed by atoms with Gasteiger partial charge < -0.3 is 10.3 Å². The maximum Gasteiger partial charge on any atom is 0.224 e. The van der Waals surface area contributed by atoms with Crippen LogP contribution in [-0.4, -0.2) is 28.4 Å². The van der Waals surface area contributed by atoms with Crippen LogP contribution in [0.3, 0.4) is 0 Å². The number of amides is 1. The monoisotopic (exact) mass is 274 g/mol. The third-order valence-corrected chi connectivity index (χ3v) is 4.97. The fourth-order valence-electron chi connectivity index (χ4n) is 2.55. The van der Waals surface area contributed by atoms with Gasteiger partial charge in [0.1, 0.15) is 0 Å². The molecule has 0 spiro atoms. The predicted octanol–water partition coefficient (Wildman–Crippen LogP) is 2.72. The van der Waals surface area contributed by atoms with Crippen molar-refractivity contribution in [1.82, 2.24) is 10.3 Å². The Morgan fingerprint density at radius 2 is 2.32 bits per heavy atom. The third kappa shape index (κ3) is 2.95. The zero-order chi connectivity index (χ0) is 13.1.